The fraction of sp³-hybridized carbons (Fsp3) is 0.176. The van der Waals surface area contributed by atoms with Crippen molar-refractivity contribution >= 4 is 60.6 Å². The third-order valence-electron chi connectivity index (χ3n) is 7.77. The molecule has 0 unspecified atom stereocenters. The van der Waals surface area contributed by atoms with Crippen LogP contribution in [0.3, 0.4) is 0 Å². The van der Waals surface area contributed by atoms with E-state index in [2.05, 4.69) is 69.4 Å². The molecule has 0 radical (unpaired) electrons. The standard InChI is InChI=1S/C34H30N2O2/c1-18(2)21-10-7-11-22(19(3)4)32(21)36-34(38)28-17-15-26-24-13-6-9-20-8-5-12-23(29(20)24)25-14-16-27(33(35)37)31(28)30(25)26/h5-19H,1-4H3,(H2,35,37)(H,36,38). The van der Waals surface area contributed by atoms with Crippen molar-refractivity contribution in [1.29, 1.82) is 0 Å². The second-order valence-electron chi connectivity index (χ2n) is 10.7. The van der Waals surface area contributed by atoms with E-state index in [1.54, 1.807) is 6.07 Å². The summed E-state index contributed by atoms with van der Waals surface area (Å²) in [6.07, 6.45) is 0. The molecule has 0 aliphatic carbocycles. The van der Waals surface area contributed by atoms with E-state index in [1.807, 2.05) is 36.4 Å². The minimum atomic E-state index is -0.551. The largest absolute Gasteiger partial charge is 0.366 e. The van der Waals surface area contributed by atoms with E-state index in [-0.39, 0.29) is 17.7 Å². The molecule has 0 spiro atoms. The second-order valence-corrected chi connectivity index (χ2v) is 10.7. The number of hydrogen-bond acceptors (Lipinski definition) is 2. The lowest BCUT2D eigenvalue weighted by atomic mass is 9.86. The van der Waals surface area contributed by atoms with E-state index in [0.29, 0.717) is 16.5 Å². The van der Waals surface area contributed by atoms with Crippen molar-refractivity contribution in [3.63, 3.8) is 0 Å². The average molecular weight is 499 g/mol. The number of fused-ring (bicyclic) bond motifs is 2. The number of anilines is 1. The van der Waals surface area contributed by atoms with Crippen LogP contribution in [0.2, 0.25) is 0 Å². The summed E-state index contributed by atoms with van der Waals surface area (Å²) in [5, 5.41) is 11.3. The van der Waals surface area contributed by atoms with E-state index in [1.165, 1.54) is 5.39 Å². The Bertz CT molecular complexity index is 1820. The minimum absolute atomic E-state index is 0.235. The summed E-state index contributed by atoms with van der Waals surface area (Å²) in [6, 6.07) is 26.3. The molecule has 0 bridgehead atoms. The molecule has 6 aromatic rings. The predicted molar refractivity (Wildman–Crippen MR) is 159 cm³/mol. The van der Waals surface area contributed by atoms with Crippen LogP contribution in [0, 0.1) is 0 Å². The first-order chi connectivity index (χ1) is 18.3. The summed E-state index contributed by atoms with van der Waals surface area (Å²) in [6.45, 7) is 8.50. The number of rotatable bonds is 5. The molecule has 0 atom stereocenters. The molecule has 0 aliphatic rings. The van der Waals surface area contributed by atoms with Crippen molar-refractivity contribution in [2.45, 2.75) is 39.5 Å². The molecular formula is C34H30N2O2. The van der Waals surface area contributed by atoms with Gasteiger partial charge >= 0.3 is 0 Å². The van der Waals surface area contributed by atoms with Gasteiger partial charge in [-0.3, -0.25) is 9.59 Å². The Labute approximate surface area is 221 Å². The Balaban J connectivity index is 1.66. The number of benzene rings is 6. The number of carbonyl (C=O) groups excluding carboxylic acids is 2. The highest BCUT2D eigenvalue weighted by molar-refractivity contribution is 6.36. The number of amides is 2. The number of nitrogens with one attached hydrogen (secondary N) is 1. The maximum absolute atomic E-state index is 14.1. The van der Waals surface area contributed by atoms with Gasteiger partial charge in [-0.05, 0) is 72.8 Å². The Morgan fingerprint density at radius 1 is 0.605 bits per heavy atom. The summed E-state index contributed by atoms with van der Waals surface area (Å²) in [4.78, 5) is 26.7. The van der Waals surface area contributed by atoms with Crippen LogP contribution in [0.15, 0.2) is 78.9 Å². The monoisotopic (exact) mass is 498 g/mol. The summed E-state index contributed by atoms with van der Waals surface area (Å²) >= 11 is 0. The first kappa shape index (κ1) is 23.9. The van der Waals surface area contributed by atoms with Gasteiger partial charge in [-0.15, -0.1) is 0 Å². The van der Waals surface area contributed by atoms with Gasteiger partial charge in [-0.1, -0.05) is 94.4 Å². The zero-order valence-corrected chi connectivity index (χ0v) is 22.1. The Morgan fingerprint density at radius 2 is 1.11 bits per heavy atom. The van der Waals surface area contributed by atoms with E-state index < -0.39 is 5.91 Å². The first-order valence-corrected chi connectivity index (χ1v) is 13.1. The van der Waals surface area contributed by atoms with Crippen molar-refractivity contribution < 1.29 is 9.59 Å². The first-order valence-electron chi connectivity index (χ1n) is 13.1. The topological polar surface area (TPSA) is 72.2 Å². The highest BCUT2D eigenvalue weighted by Gasteiger charge is 2.23. The summed E-state index contributed by atoms with van der Waals surface area (Å²) < 4.78 is 0. The SMILES string of the molecule is CC(C)c1cccc(C(C)C)c1NC(=O)c1ccc2c3cccc4cccc(c5ccc(C(N)=O)c1c52)c43. The van der Waals surface area contributed by atoms with Crippen molar-refractivity contribution in [1.82, 2.24) is 0 Å². The highest BCUT2D eigenvalue weighted by Crippen LogP contribution is 2.42. The lowest BCUT2D eigenvalue weighted by Crippen LogP contribution is -2.18. The molecule has 0 saturated carbocycles. The molecule has 0 fully saturated rings. The molecule has 0 aliphatic heterocycles. The van der Waals surface area contributed by atoms with Crippen LogP contribution < -0.4 is 11.1 Å². The summed E-state index contributed by atoms with van der Waals surface area (Å²) in [5.74, 6) is -0.328. The molecule has 4 heteroatoms. The second kappa shape index (κ2) is 8.84. The summed E-state index contributed by atoms with van der Waals surface area (Å²) in [7, 11) is 0. The van der Waals surface area contributed by atoms with Gasteiger partial charge in [0, 0.05) is 22.2 Å². The van der Waals surface area contributed by atoms with E-state index >= 15 is 0 Å². The quantitative estimate of drug-likeness (QED) is 0.185. The molecule has 2 amide bonds. The lowest BCUT2D eigenvalue weighted by molar-refractivity contribution is 0.100. The maximum atomic E-state index is 14.1. The molecule has 0 aromatic heterocycles. The van der Waals surface area contributed by atoms with Gasteiger partial charge in [0.05, 0.1) is 0 Å². The van der Waals surface area contributed by atoms with Gasteiger partial charge in [0.15, 0.2) is 0 Å². The van der Waals surface area contributed by atoms with Gasteiger partial charge in [0.2, 0.25) is 5.91 Å². The van der Waals surface area contributed by atoms with Crippen molar-refractivity contribution in [2.75, 3.05) is 5.32 Å². The van der Waals surface area contributed by atoms with Crippen LogP contribution in [0.1, 0.15) is 71.4 Å². The lowest BCUT2D eigenvalue weighted by Gasteiger charge is -2.21. The number of primary amides is 1. The normalized spacial score (nSPS) is 11.9. The third-order valence-corrected chi connectivity index (χ3v) is 7.77. The minimum Gasteiger partial charge on any atom is -0.366 e. The average Bonchev–Trinajstić information content (AvgIpc) is 2.90. The van der Waals surface area contributed by atoms with Gasteiger partial charge < -0.3 is 11.1 Å². The molecule has 0 saturated heterocycles. The number of carbonyl (C=O) groups is 2. The van der Waals surface area contributed by atoms with Crippen LogP contribution in [0.25, 0.3) is 43.1 Å². The fourth-order valence-corrected chi connectivity index (χ4v) is 6.01. The zero-order valence-electron chi connectivity index (χ0n) is 22.1. The maximum Gasteiger partial charge on any atom is 0.256 e. The van der Waals surface area contributed by atoms with Crippen LogP contribution in [-0.2, 0) is 0 Å². The zero-order chi connectivity index (χ0) is 26.7. The van der Waals surface area contributed by atoms with Gasteiger partial charge in [0.1, 0.15) is 0 Å². The molecule has 188 valence electrons. The fourth-order valence-electron chi connectivity index (χ4n) is 6.01. The van der Waals surface area contributed by atoms with Crippen molar-refractivity contribution in [2.24, 2.45) is 5.73 Å². The molecule has 38 heavy (non-hydrogen) atoms. The smallest absolute Gasteiger partial charge is 0.256 e. The van der Waals surface area contributed by atoms with Gasteiger partial charge in [0.25, 0.3) is 5.91 Å². The summed E-state index contributed by atoms with van der Waals surface area (Å²) in [5.41, 5.74) is 9.70. The Morgan fingerprint density at radius 3 is 1.63 bits per heavy atom. The number of hydrogen-bond donors (Lipinski definition) is 2. The van der Waals surface area contributed by atoms with Crippen LogP contribution in [-0.4, -0.2) is 11.8 Å². The Hall–Kier alpha value is -4.44. The number of nitrogens with two attached hydrogens (primary N) is 1. The van der Waals surface area contributed by atoms with Crippen LogP contribution >= 0.6 is 0 Å². The molecule has 6 rings (SSSR count). The van der Waals surface area contributed by atoms with E-state index in [0.717, 1.165) is 49.1 Å². The molecule has 6 aromatic carbocycles. The van der Waals surface area contributed by atoms with Crippen LogP contribution in [0.5, 0.6) is 0 Å². The van der Waals surface area contributed by atoms with E-state index in [4.69, 9.17) is 5.73 Å². The molecule has 4 nitrogen and oxygen atoms in total. The van der Waals surface area contributed by atoms with Crippen LogP contribution in [0.4, 0.5) is 5.69 Å². The predicted octanol–water partition coefficient (Wildman–Crippen LogP) is 8.34. The Kier molecular flexibility index (Phi) is 5.57. The third kappa shape index (κ3) is 3.52. The van der Waals surface area contributed by atoms with E-state index in [9.17, 15) is 9.59 Å². The molecular weight excluding hydrogens is 468 g/mol. The molecule has 3 N–H and O–H groups in total. The van der Waals surface area contributed by atoms with Crippen molar-refractivity contribution in [3.8, 4) is 0 Å². The number of para-hydroxylation sites is 1. The van der Waals surface area contributed by atoms with Gasteiger partial charge in [-0.2, -0.15) is 0 Å². The highest BCUT2D eigenvalue weighted by atomic mass is 16.2. The van der Waals surface area contributed by atoms with Crippen molar-refractivity contribution in [3.05, 3.63) is 101 Å². The molecule has 0 heterocycles. The van der Waals surface area contributed by atoms with Gasteiger partial charge in [-0.25, -0.2) is 0 Å².